The van der Waals surface area contributed by atoms with Gasteiger partial charge in [0.25, 0.3) is 0 Å². The summed E-state index contributed by atoms with van der Waals surface area (Å²) in [7, 11) is 0. The Kier molecular flexibility index (Phi) is 4.47. The van der Waals surface area contributed by atoms with Gasteiger partial charge in [0, 0.05) is 45.1 Å². The molecule has 0 radical (unpaired) electrons. The van der Waals surface area contributed by atoms with Gasteiger partial charge in [-0.3, -0.25) is 14.8 Å². The Bertz CT molecular complexity index is 790. The van der Waals surface area contributed by atoms with Gasteiger partial charge in [-0.1, -0.05) is 23.7 Å². The van der Waals surface area contributed by atoms with Crippen molar-refractivity contribution in [2.45, 2.75) is 13.1 Å². The van der Waals surface area contributed by atoms with Crippen molar-refractivity contribution in [1.29, 1.82) is 0 Å². The smallest absolute Gasteiger partial charge is 0.121 e. The lowest BCUT2D eigenvalue weighted by Gasteiger charge is -2.34. The molecule has 0 unspecified atom stereocenters. The number of pyridine rings is 1. The Morgan fingerprint density at radius 3 is 2.50 bits per heavy atom. The van der Waals surface area contributed by atoms with Crippen molar-refractivity contribution < 1.29 is 0 Å². The highest BCUT2D eigenvalue weighted by Crippen LogP contribution is 2.17. The number of nitrogens with one attached hydrogen (secondary N) is 1. The molecule has 6 heteroatoms. The Morgan fingerprint density at radius 2 is 1.75 bits per heavy atom. The molecule has 0 spiro atoms. The van der Waals surface area contributed by atoms with E-state index in [2.05, 4.69) is 30.8 Å². The largest absolute Gasteiger partial charge is 0.341 e. The number of para-hydroxylation sites is 2. The first kappa shape index (κ1) is 15.6. The number of hydrogen-bond acceptors (Lipinski definition) is 4. The maximum Gasteiger partial charge on any atom is 0.121 e. The molecule has 4 rings (SSSR count). The molecule has 1 saturated heterocycles. The number of benzene rings is 1. The maximum absolute atomic E-state index is 6.21. The molecule has 1 N–H and O–H groups in total. The number of rotatable bonds is 4. The summed E-state index contributed by atoms with van der Waals surface area (Å²) >= 11 is 6.21. The molecular weight excluding hydrogens is 322 g/mol. The second-order valence-corrected chi connectivity index (χ2v) is 6.63. The van der Waals surface area contributed by atoms with Gasteiger partial charge in [-0.15, -0.1) is 0 Å². The number of halogens is 1. The van der Waals surface area contributed by atoms with E-state index in [1.54, 1.807) is 12.4 Å². The molecule has 1 aromatic carbocycles. The third kappa shape index (κ3) is 3.43. The van der Waals surface area contributed by atoms with Crippen molar-refractivity contribution in [2.75, 3.05) is 26.2 Å². The van der Waals surface area contributed by atoms with Crippen LogP contribution in [-0.4, -0.2) is 50.9 Å². The second-order valence-electron chi connectivity index (χ2n) is 6.22. The van der Waals surface area contributed by atoms with Gasteiger partial charge in [0.05, 0.1) is 22.6 Å². The summed E-state index contributed by atoms with van der Waals surface area (Å²) in [5, 5.41) is 0.752. The van der Waals surface area contributed by atoms with E-state index in [0.717, 1.165) is 66.7 Å². The minimum atomic E-state index is 0.752. The summed E-state index contributed by atoms with van der Waals surface area (Å²) in [6.45, 7) is 5.93. The standard InChI is InChI=1S/C18H20ClN5/c19-15-11-20-6-5-14(15)12-23-7-9-24(10-8-23)13-18-21-16-3-1-2-4-17(16)22-18/h1-6,11H,7-10,12-13H2,(H,21,22). The van der Waals surface area contributed by atoms with Crippen LogP contribution in [-0.2, 0) is 13.1 Å². The first-order valence-corrected chi connectivity index (χ1v) is 8.62. The molecule has 0 aliphatic carbocycles. The fourth-order valence-electron chi connectivity index (χ4n) is 3.17. The zero-order valence-electron chi connectivity index (χ0n) is 13.5. The van der Waals surface area contributed by atoms with Crippen LogP contribution < -0.4 is 0 Å². The Labute approximate surface area is 146 Å². The molecule has 3 aromatic rings. The third-order valence-electron chi connectivity index (χ3n) is 4.53. The van der Waals surface area contributed by atoms with Crippen molar-refractivity contribution >= 4 is 22.6 Å². The molecule has 0 saturated carbocycles. The summed E-state index contributed by atoms with van der Waals surface area (Å²) in [6.07, 6.45) is 3.52. The molecular formula is C18H20ClN5. The van der Waals surface area contributed by atoms with Gasteiger partial charge in [-0.2, -0.15) is 0 Å². The van der Waals surface area contributed by atoms with E-state index in [0.29, 0.717) is 0 Å². The first-order chi connectivity index (χ1) is 11.8. The fraction of sp³-hybridized carbons (Fsp3) is 0.333. The number of nitrogens with zero attached hydrogens (tertiary/aromatic N) is 4. The summed E-state index contributed by atoms with van der Waals surface area (Å²) in [5.74, 6) is 1.04. The van der Waals surface area contributed by atoms with Crippen LogP contribution in [0, 0.1) is 0 Å². The normalized spacial score (nSPS) is 16.7. The lowest BCUT2D eigenvalue weighted by Crippen LogP contribution is -2.45. The van der Waals surface area contributed by atoms with Crippen LogP contribution in [0.3, 0.4) is 0 Å². The average molecular weight is 342 g/mol. The minimum Gasteiger partial charge on any atom is -0.341 e. The molecule has 24 heavy (non-hydrogen) atoms. The lowest BCUT2D eigenvalue weighted by molar-refractivity contribution is 0.120. The van der Waals surface area contributed by atoms with Gasteiger partial charge in [-0.25, -0.2) is 4.98 Å². The van der Waals surface area contributed by atoms with Gasteiger partial charge < -0.3 is 4.98 Å². The quantitative estimate of drug-likeness (QED) is 0.792. The van der Waals surface area contributed by atoms with E-state index in [9.17, 15) is 0 Å². The van der Waals surface area contributed by atoms with E-state index in [4.69, 9.17) is 11.6 Å². The molecule has 3 heterocycles. The highest BCUT2D eigenvalue weighted by molar-refractivity contribution is 6.31. The number of hydrogen-bond donors (Lipinski definition) is 1. The van der Waals surface area contributed by atoms with Crippen molar-refractivity contribution in [2.24, 2.45) is 0 Å². The van der Waals surface area contributed by atoms with Crippen LogP contribution in [0.25, 0.3) is 11.0 Å². The van der Waals surface area contributed by atoms with Crippen molar-refractivity contribution in [1.82, 2.24) is 24.8 Å². The minimum absolute atomic E-state index is 0.752. The third-order valence-corrected chi connectivity index (χ3v) is 4.87. The Morgan fingerprint density at radius 1 is 1.00 bits per heavy atom. The molecule has 1 aliphatic rings. The molecule has 0 amide bonds. The van der Waals surface area contributed by atoms with E-state index in [1.165, 1.54) is 0 Å². The van der Waals surface area contributed by atoms with Crippen LogP contribution in [0.15, 0.2) is 42.7 Å². The highest BCUT2D eigenvalue weighted by atomic mass is 35.5. The molecule has 1 aliphatic heterocycles. The first-order valence-electron chi connectivity index (χ1n) is 8.25. The summed E-state index contributed by atoms with van der Waals surface area (Å²) in [5.41, 5.74) is 3.30. The van der Waals surface area contributed by atoms with Crippen LogP contribution in [0.4, 0.5) is 0 Å². The SMILES string of the molecule is Clc1cnccc1CN1CCN(Cc2nc3ccccc3[nH]2)CC1. The van der Waals surface area contributed by atoms with Gasteiger partial charge in [0.1, 0.15) is 5.82 Å². The monoisotopic (exact) mass is 341 g/mol. The average Bonchev–Trinajstić information content (AvgIpc) is 3.01. The predicted octanol–water partition coefficient (Wildman–Crippen LogP) is 2.93. The highest BCUT2D eigenvalue weighted by Gasteiger charge is 2.18. The second kappa shape index (κ2) is 6.89. The molecule has 1 fully saturated rings. The van der Waals surface area contributed by atoms with Crippen molar-refractivity contribution in [3.8, 4) is 0 Å². The molecule has 0 bridgehead atoms. The number of aromatic nitrogens is 3. The van der Waals surface area contributed by atoms with E-state index < -0.39 is 0 Å². The van der Waals surface area contributed by atoms with Crippen molar-refractivity contribution in [3.63, 3.8) is 0 Å². The van der Waals surface area contributed by atoms with Gasteiger partial charge >= 0.3 is 0 Å². The van der Waals surface area contributed by atoms with Gasteiger partial charge in [0.15, 0.2) is 0 Å². The molecule has 0 atom stereocenters. The number of aromatic amines is 1. The summed E-state index contributed by atoms with van der Waals surface area (Å²) < 4.78 is 0. The molecule has 124 valence electrons. The van der Waals surface area contributed by atoms with Crippen LogP contribution >= 0.6 is 11.6 Å². The molecule has 2 aromatic heterocycles. The van der Waals surface area contributed by atoms with Crippen molar-refractivity contribution in [3.05, 3.63) is 59.1 Å². The number of H-pyrrole nitrogens is 1. The van der Waals surface area contributed by atoms with Gasteiger partial charge in [-0.05, 0) is 23.8 Å². The van der Waals surface area contributed by atoms with Crippen LogP contribution in [0.2, 0.25) is 5.02 Å². The van der Waals surface area contributed by atoms with E-state index >= 15 is 0 Å². The molecule has 5 nitrogen and oxygen atoms in total. The fourth-order valence-corrected chi connectivity index (χ4v) is 3.35. The summed E-state index contributed by atoms with van der Waals surface area (Å²) in [6, 6.07) is 10.2. The lowest BCUT2D eigenvalue weighted by atomic mass is 10.2. The van der Waals surface area contributed by atoms with Gasteiger partial charge in [0.2, 0.25) is 0 Å². The predicted molar refractivity (Wildman–Crippen MR) is 95.9 cm³/mol. The number of piperazine rings is 1. The maximum atomic E-state index is 6.21. The zero-order valence-corrected chi connectivity index (χ0v) is 14.2. The topological polar surface area (TPSA) is 48.1 Å². The Hall–Kier alpha value is -1.95. The summed E-state index contributed by atoms with van der Waals surface area (Å²) in [4.78, 5) is 17.0. The Balaban J connectivity index is 1.33. The van der Waals surface area contributed by atoms with Crippen LogP contribution in [0.5, 0.6) is 0 Å². The van der Waals surface area contributed by atoms with E-state index in [-0.39, 0.29) is 0 Å². The number of imidazole rings is 1. The zero-order chi connectivity index (χ0) is 16.4. The number of fused-ring (bicyclic) bond motifs is 1. The van der Waals surface area contributed by atoms with Crippen LogP contribution in [0.1, 0.15) is 11.4 Å². The van der Waals surface area contributed by atoms with E-state index in [1.807, 2.05) is 24.3 Å².